The molecule has 0 bridgehead atoms. The summed E-state index contributed by atoms with van der Waals surface area (Å²) in [5.41, 5.74) is -3.79. The number of carbonyl (C=O) groups is 2. The van der Waals surface area contributed by atoms with Crippen molar-refractivity contribution in [3.05, 3.63) is 141 Å². The van der Waals surface area contributed by atoms with E-state index >= 15 is 0 Å². The van der Waals surface area contributed by atoms with Crippen LogP contribution in [0.5, 0.6) is 0 Å². The van der Waals surface area contributed by atoms with E-state index in [-0.39, 0.29) is 94.6 Å². The fourth-order valence-electron chi connectivity index (χ4n) is 5.72. The molecule has 0 aliphatic rings. The first-order valence-corrected chi connectivity index (χ1v) is 20.4. The Morgan fingerprint density at radius 1 is 0.483 bits per heavy atom. The zero-order valence-corrected chi connectivity index (χ0v) is 33.9. The molecule has 58 heavy (non-hydrogen) atoms. The standard InChI is InChI=1S/2C23H22F3NOS/c2*1-2-3-9-22(29-23(24,25)26)20(16-27)14-15-21(28)19-12-10-18(11-13-19)17-7-5-4-6-8-17/h2*4-8,10-13H,2-3,9,14-15H2,1H3/b2*22-20+. The van der Waals surface area contributed by atoms with Crippen molar-refractivity contribution in [2.24, 2.45) is 0 Å². The molecule has 0 heterocycles. The zero-order chi connectivity index (χ0) is 42.6. The molecule has 0 fully saturated rings. The second-order valence-corrected chi connectivity index (χ2v) is 15.4. The van der Waals surface area contributed by atoms with Gasteiger partial charge in [0, 0.05) is 44.9 Å². The molecule has 0 aliphatic carbocycles. The van der Waals surface area contributed by atoms with Crippen molar-refractivity contribution in [3.8, 4) is 34.4 Å². The Labute approximate surface area is 345 Å². The van der Waals surface area contributed by atoms with Crippen molar-refractivity contribution in [1.82, 2.24) is 0 Å². The highest BCUT2D eigenvalue weighted by molar-refractivity contribution is 8.04. The first-order chi connectivity index (χ1) is 27.7. The number of ketones is 2. The summed E-state index contributed by atoms with van der Waals surface area (Å²) in [6.07, 6.45) is 3.02. The Morgan fingerprint density at radius 2 is 0.793 bits per heavy atom. The molecular weight excluding hydrogens is 791 g/mol. The summed E-state index contributed by atoms with van der Waals surface area (Å²) in [5, 5.41) is 18.7. The predicted octanol–water partition coefficient (Wildman–Crippen LogP) is 15.1. The van der Waals surface area contributed by atoms with Gasteiger partial charge in [0.1, 0.15) is 0 Å². The molecule has 4 rings (SSSR count). The Bertz CT molecular complexity index is 1910. The maximum atomic E-state index is 12.8. The van der Waals surface area contributed by atoms with Crippen LogP contribution < -0.4 is 0 Å². The van der Waals surface area contributed by atoms with Crippen molar-refractivity contribution >= 4 is 35.1 Å². The quantitative estimate of drug-likeness (QED) is 0.0564. The summed E-state index contributed by atoms with van der Waals surface area (Å²) >= 11 is -0.465. The van der Waals surface area contributed by atoms with Gasteiger partial charge in [-0.2, -0.15) is 36.9 Å². The Kier molecular flexibility index (Phi) is 19.6. The largest absolute Gasteiger partial charge is 0.446 e. The molecule has 4 aromatic rings. The number of carbonyl (C=O) groups excluding carboxylic acids is 2. The van der Waals surface area contributed by atoms with Gasteiger partial charge in [-0.05, 0) is 84.3 Å². The molecule has 0 aliphatic heterocycles. The first kappa shape index (κ1) is 47.3. The molecule has 0 saturated heterocycles. The van der Waals surface area contributed by atoms with Gasteiger partial charge in [-0.15, -0.1) is 0 Å². The van der Waals surface area contributed by atoms with Crippen LogP contribution in [0.3, 0.4) is 0 Å². The van der Waals surface area contributed by atoms with Gasteiger partial charge in [0.05, 0.1) is 12.1 Å². The van der Waals surface area contributed by atoms with Gasteiger partial charge in [-0.1, -0.05) is 136 Å². The third-order valence-corrected chi connectivity index (χ3v) is 10.6. The fraction of sp³-hybridized carbons (Fsp3) is 0.304. The van der Waals surface area contributed by atoms with Crippen LogP contribution in [0.2, 0.25) is 0 Å². The Hall–Kier alpha value is -5.04. The monoisotopic (exact) mass is 834 g/mol. The van der Waals surface area contributed by atoms with Crippen LogP contribution in [0, 0.1) is 22.7 Å². The van der Waals surface area contributed by atoms with Crippen molar-refractivity contribution in [2.45, 2.75) is 89.1 Å². The lowest BCUT2D eigenvalue weighted by atomic mass is 9.99. The lowest BCUT2D eigenvalue weighted by Crippen LogP contribution is -2.04. The molecule has 304 valence electrons. The highest BCUT2D eigenvalue weighted by atomic mass is 32.2. The van der Waals surface area contributed by atoms with Crippen molar-refractivity contribution in [3.63, 3.8) is 0 Å². The molecule has 4 aromatic carbocycles. The van der Waals surface area contributed by atoms with Gasteiger partial charge in [0.25, 0.3) is 0 Å². The Morgan fingerprint density at radius 3 is 1.07 bits per heavy atom. The molecule has 0 N–H and O–H groups in total. The van der Waals surface area contributed by atoms with E-state index in [4.69, 9.17) is 0 Å². The highest BCUT2D eigenvalue weighted by Crippen LogP contribution is 2.42. The van der Waals surface area contributed by atoms with Crippen LogP contribution in [-0.4, -0.2) is 22.6 Å². The summed E-state index contributed by atoms with van der Waals surface area (Å²) in [7, 11) is 0. The average molecular weight is 835 g/mol. The van der Waals surface area contributed by atoms with E-state index in [1.165, 1.54) is 0 Å². The van der Waals surface area contributed by atoms with Gasteiger partial charge < -0.3 is 0 Å². The van der Waals surface area contributed by atoms with Crippen LogP contribution in [0.25, 0.3) is 22.3 Å². The maximum Gasteiger partial charge on any atom is 0.446 e. The molecular formula is C46H44F6N2O2S2. The molecule has 12 heteroatoms. The topological polar surface area (TPSA) is 81.7 Å². The smallest absolute Gasteiger partial charge is 0.294 e. The summed E-state index contributed by atoms with van der Waals surface area (Å²) in [6, 6.07) is 37.4. The number of hydrogen-bond donors (Lipinski definition) is 0. The van der Waals surface area contributed by atoms with E-state index in [1.807, 2.05) is 111 Å². The van der Waals surface area contributed by atoms with Gasteiger partial charge in [0.15, 0.2) is 11.6 Å². The SMILES string of the molecule is CCCC/C(SC(F)(F)F)=C(\C#N)CCC(=O)c1ccc(-c2ccccc2)cc1.CCCC/C(SC(F)(F)F)=C(\C#N)CCC(=O)c1ccc(-c2ccccc2)cc1. The summed E-state index contributed by atoms with van der Waals surface area (Å²) in [4.78, 5) is 25.0. The molecule has 0 saturated carbocycles. The van der Waals surface area contributed by atoms with E-state index < -0.39 is 11.0 Å². The molecule has 0 amide bonds. The van der Waals surface area contributed by atoms with E-state index in [0.29, 0.717) is 24.0 Å². The number of nitriles is 2. The predicted molar refractivity (Wildman–Crippen MR) is 223 cm³/mol. The number of benzene rings is 4. The number of rotatable bonds is 18. The highest BCUT2D eigenvalue weighted by Gasteiger charge is 2.32. The number of allylic oxidation sites excluding steroid dienone is 4. The number of thioether (sulfide) groups is 2. The van der Waals surface area contributed by atoms with Crippen LogP contribution in [0.15, 0.2) is 130 Å². The lowest BCUT2D eigenvalue weighted by Gasteiger charge is -2.12. The minimum Gasteiger partial charge on any atom is -0.294 e. The third kappa shape index (κ3) is 16.8. The summed E-state index contributed by atoms with van der Waals surface area (Å²) in [5.74, 6) is -0.381. The van der Waals surface area contributed by atoms with Crippen molar-refractivity contribution < 1.29 is 35.9 Å². The molecule has 0 spiro atoms. The third-order valence-electron chi connectivity index (χ3n) is 8.77. The van der Waals surface area contributed by atoms with Crippen molar-refractivity contribution in [1.29, 1.82) is 10.5 Å². The number of nitrogens with zero attached hydrogens (tertiary/aromatic N) is 2. The van der Waals surface area contributed by atoms with Gasteiger partial charge in [-0.3, -0.25) is 9.59 Å². The van der Waals surface area contributed by atoms with E-state index in [2.05, 4.69) is 0 Å². The second-order valence-electron chi connectivity index (χ2n) is 13.1. The fourth-order valence-corrected chi connectivity index (χ4v) is 7.31. The number of Topliss-reactive ketones (excluding diaryl/α,β-unsaturated/α-hetero) is 2. The molecule has 0 aromatic heterocycles. The van der Waals surface area contributed by atoms with Gasteiger partial charge in [-0.25, -0.2) is 0 Å². The number of halogens is 6. The van der Waals surface area contributed by atoms with Crippen LogP contribution in [0.4, 0.5) is 26.3 Å². The average Bonchev–Trinajstić information content (AvgIpc) is 3.22. The minimum absolute atomic E-state index is 0.00161. The van der Waals surface area contributed by atoms with E-state index in [9.17, 15) is 46.5 Å². The van der Waals surface area contributed by atoms with Gasteiger partial charge >= 0.3 is 11.0 Å². The van der Waals surface area contributed by atoms with Crippen LogP contribution >= 0.6 is 23.5 Å². The minimum atomic E-state index is -4.44. The Balaban J connectivity index is 0.000000310. The lowest BCUT2D eigenvalue weighted by molar-refractivity contribution is -0.0331. The first-order valence-electron chi connectivity index (χ1n) is 18.8. The van der Waals surface area contributed by atoms with E-state index in [0.717, 1.165) is 35.1 Å². The normalized spacial score (nSPS) is 12.2. The summed E-state index contributed by atoms with van der Waals surface area (Å²) < 4.78 is 76.9. The number of hydrogen-bond acceptors (Lipinski definition) is 6. The maximum absolute atomic E-state index is 12.8. The molecule has 0 unspecified atom stereocenters. The number of unbranched alkanes of at least 4 members (excludes halogenated alkanes) is 2. The summed E-state index contributed by atoms with van der Waals surface area (Å²) in [6.45, 7) is 3.76. The van der Waals surface area contributed by atoms with Gasteiger partial charge in [0.2, 0.25) is 0 Å². The molecule has 0 atom stereocenters. The molecule has 4 nitrogen and oxygen atoms in total. The van der Waals surface area contributed by atoms with Crippen LogP contribution in [0.1, 0.15) is 98.8 Å². The second kappa shape index (κ2) is 24.0. The van der Waals surface area contributed by atoms with Crippen molar-refractivity contribution in [2.75, 3.05) is 0 Å². The van der Waals surface area contributed by atoms with Crippen LogP contribution in [-0.2, 0) is 0 Å². The zero-order valence-electron chi connectivity index (χ0n) is 32.3. The van der Waals surface area contributed by atoms with E-state index in [1.54, 1.807) is 24.3 Å². The number of alkyl halides is 6. The molecule has 0 radical (unpaired) electrons.